The lowest BCUT2D eigenvalue weighted by molar-refractivity contribution is 0.598. The Morgan fingerprint density at radius 1 is 1.67 bits per heavy atom. The Balaban J connectivity index is 2.53. The minimum Gasteiger partial charge on any atom is -0.261 e. The Morgan fingerprint density at radius 3 is 2.89 bits per heavy atom. The van der Waals surface area contributed by atoms with Crippen LogP contribution in [0.2, 0.25) is 0 Å². The van der Waals surface area contributed by atoms with E-state index in [2.05, 4.69) is 23.8 Å². The van der Waals surface area contributed by atoms with Crippen LogP contribution in [0.15, 0.2) is 9.98 Å². The van der Waals surface area contributed by atoms with Crippen LogP contribution in [0.5, 0.6) is 0 Å². The molecule has 1 rings (SSSR count). The molecule has 0 aromatic rings. The minimum atomic E-state index is -0.0399. The average Bonchev–Trinajstić information content (AvgIpc) is 2.16. The van der Waals surface area contributed by atoms with Gasteiger partial charge >= 0.3 is 0 Å². The van der Waals surface area contributed by atoms with Gasteiger partial charge in [-0.3, -0.25) is 4.99 Å². The molecule has 0 spiro atoms. The number of hydrogen-bond donors (Lipinski definition) is 0. The highest BCUT2D eigenvalue weighted by atomic mass is 15.0. The van der Waals surface area contributed by atoms with Crippen LogP contribution in [0.25, 0.3) is 0 Å². The van der Waals surface area contributed by atoms with Gasteiger partial charge in [-0.15, -0.1) is 0 Å². The SMILES string of the molecule is [CH2]CC[C@@]1(C)C=NC=N1. The number of hydrogen-bond acceptors (Lipinski definition) is 2. The standard InChI is InChI=1S/C7H11N2/c1-3-4-7(2)5-8-6-9-7/h5-6H,1,3-4H2,2H3/t7-/m0/s1. The molecule has 0 unspecified atom stereocenters. The molecular weight excluding hydrogens is 112 g/mol. The Labute approximate surface area is 55.7 Å². The highest BCUT2D eigenvalue weighted by molar-refractivity contribution is 5.85. The molecule has 0 bridgehead atoms. The van der Waals surface area contributed by atoms with Crippen molar-refractivity contribution in [2.45, 2.75) is 25.3 Å². The molecule has 1 atom stereocenters. The second-order valence-corrected chi connectivity index (χ2v) is 2.48. The minimum absolute atomic E-state index is 0.0399. The van der Waals surface area contributed by atoms with Crippen molar-refractivity contribution in [3.63, 3.8) is 0 Å². The molecule has 1 heterocycles. The Morgan fingerprint density at radius 2 is 2.44 bits per heavy atom. The molecule has 2 heteroatoms. The Hall–Kier alpha value is -0.660. The van der Waals surface area contributed by atoms with Gasteiger partial charge in [0.25, 0.3) is 0 Å². The molecule has 9 heavy (non-hydrogen) atoms. The van der Waals surface area contributed by atoms with E-state index in [-0.39, 0.29) is 5.54 Å². The van der Waals surface area contributed by atoms with E-state index < -0.39 is 0 Å². The van der Waals surface area contributed by atoms with Gasteiger partial charge in [0, 0.05) is 6.21 Å². The molecule has 0 fully saturated rings. The van der Waals surface area contributed by atoms with Gasteiger partial charge in [0.2, 0.25) is 0 Å². The predicted octanol–water partition coefficient (Wildman–Crippen LogP) is 1.47. The largest absolute Gasteiger partial charge is 0.261 e. The van der Waals surface area contributed by atoms with Crippen molar-refractivity contribution in [2.75, 3.05) is 0 Å². The third-order valence-corrected chi connectivity index (χ3v) is 1.45. The summed E-state index contributed by atoms with van der Waals surface area (Å²) >= 11 is 0. The monoisotopic (exact) mass is 123 g/mol. The van der Waals surface area contributed by atoms with Gasteiger partial charge < -0.3 is 0 Å². The van der Waals surface area contributed by atoms with Crippen molar-refractivity contribution < 1.29 is 0 Å². The first-order valence-corrected chi connectivity index (χ1v) is 3.14. The maximum atomic E-state index is 4.17. The molecule has 0 aromatic heterocycles. The Bertz CT molecular complexity index is 135. The lowest BCUT2D eigenvalue weighted by Gasteiger charge is -2.13. The van der Waals surface area contributed by atoms with Gasteiger partial charge in [0.05, 0.1) is 5.54 Å². The fourth-order valence-corrected chi connectivity index (χ4v) is 0.879. The molecule has 0 amide bonds. The van der Waals surface area contributed by atoms with E-state index in [1.54, 1.807) is 6.34 Å². The summed E-state index contributed by atoms with van der Waals surface area (Å²) in [4.78, 5) is 8.08. The van der Waals surface area contributed by atoms with Gasteiger partial charge in [0.1, 0.15) is 6.34 Å². The third kappa shape index (κ3) is 1.37. The highest BCUT2D eigenvalue weighted by Crippen LogP contribution is 2.16. The first-order valence-electron chi connectivity index (χ1n) is 3.14. The second-order valence-electron chi connectivity index (χ2n) is 2.48. The molecule has 2 nitrogen and oxygen atoms in total. The summed E-state index contributed by atoms with van der Waals surface area (Å²) in [6.07, 6.45) is 5.39. The molecule has 1 aliphatic heterocycles. The maximum Gasteiger partial charge on any atom is 0.110 e. The van der Waals surface area contributed by atoms with Gasteiger partial charge in [-0.25, -0.2) is 4.99 Å². The van der Waals surface area contributed by atoms with Crippen LogP contribution in [0.1, 0.15) is 19.8 Å². The van der Waals surface area contributed by atoms with Gasteiger partial charge in [0.15, 0.2) is 0 Å². The normalized spacial score (nSPS) is 31.8. The maximum absolute atomic E-state index is 4.17. The zero-order chi connectivity index (χ0) is 6.74. The van der Waals surface area contributed by atoms with E-state index in [0.29, 0.717) is 0 Å². The van der Waals surface area contributed by atoms with E-state index >= 15 is 0 Å². The van der Waals surface area contributed by atoms with Gasteiger partial charge in [-0.1, -0.05) is 13.3 Å². The summed E-state index contributed by atoms with van der Waals surface area (Å²) in [6.45, 7) is 5.82. The van der Waals surface area contributed by atoms with E-state index in [1.807, 2.05) is 6.21 Å². The summed E-state index contributed by atoms with van der Waals surface area (Å²) in [5.74, 6) is 0. The summed E-state index contributed by atoms with van der Waals surface area (Å²) in [5, 5.41) is 0. The van der Waals surface area contributed by atoms with Crippen LogP contribution < -0.4 is 0 Å². The predicted molar refractivity (Wildman–Crippen MR) is 40.0 cm³/mol. The lowest BCUT2D eigenvalue weighted by Crippen LogP contribution is -2.20. The summed E-state index contributed by atoms with van der Waals surface area (Å²) in [7, 11) is 0. The van der Waals surface area contributed by atoms with Crippen LogP contribution in [0.3, 0.4) is 0 Å². The number of rotatable bonds is 2. The number of nitrogens with zero attached hydrogens (tertiary/aromatic N) is 2. The van der Waals surface area contributed by atoms with Crippen molar-refractivity contribution in [2.24, 2.45) is 9.98 Å². The molecule has 1 aliphatic rings. The summed E-state index contributed by atoms with van der Waals surface area (Å²) in [5.41, 5.74) is -0.0399. The molecule has 1 radical (unpaired) electrons. The topological polar surface area (TPSA) is 24.7 Å². The van der Waals surface area contributed by atoms with E-state index in [4.69, 9.17) is 0 Å². The number of aliphatic imine (C=N–C) groups is 2. The van der Waals surface area contributed by atoms with Crippen LogP contribution >= 0.6 is 0 Å². The quantitative estimate of drug-likeness (QED) is 0.531. The van der Waals surface area contributed by atoms with Crippen LogP contribution in [-0.4, -0.2) is 18.1 Å². The molecule has 49 valence electrons. The van der Waals surface area contributed by atoms with Gasteiger partial charge in [-0.2, -0.15) is 0 Å². The van der Waals surface area contributed by atoms with E-state index in [1.165, 1.54) is 0 Å². The van der Waals surface area contributed by atoms with E-state index in [0.717, 1.165) is 12.8 Å². The molecule has 0 saturated heterocycles. The molecular formula is C7H11N2. The lowest BCUT2D eigenvalue weighted by atomic mass is 10.00. The van der Waals surface area contributed by atoms with Crippen LogP contribution in [0.4, 0.5) is 0 Å². The zero-order valence-corrected chi connectivity index (χ0v) is 5.67. The first kappa shape index (κ1) is 6.46. The average molecular weight is 123 g/mol. The molecule has 0 aromatic carbocycles. The van der Waals surface area contributed by atoms with Crippen molar-refractivity contribution in [1.82, 2.24) is 0 Å². The van der Waals surface area contributed by atoms with Crippen molar-refractivity contribution in [1.29, 1.82) is 0 Å². The first-order chi connectivity index (χ1) is 4.27. The molecule has 0 N–H and O–H groups in total. The fourth-order valence-electron chi connectivity index (χ4n) is 0.879. The fraction of sp³-hybridized carbons (Fsp3) is 0.571. The summed E-state index contributed by atoms with van der Waals surface area (Å²) < 4.78 is 0. The van der Waals surface area contributed by atoms with Crippen LogP contribution in [0, 0.1) is 6.92 Å². The van der Waals surface area contributed by atoms with Crippen molar-refractivity contribution >= 4 is 12.6 Å². The van der Waals surface area contributed by atoms with Crippen LogP contribution in [-0.2, 0) is 0 Å². The van der Waals surface area contributed by atoms with Crippen molar-refractivity contribution in [3.05, 3.63) is 6.92 Å². The Kier molecular flexibility index (Phi) is 1.65. The molecule has 0 aliphatic carbocycles. The molecule has 0 saturated carbocycles. The zero-order valence-electron chi connectivity index (χ0n) is 5.67. The highest BCUT2D eigenvalue weighted by Gasteiger charge is 2.20. The van der Waals surface area contributed by atoms with Crippen molar-refractivity contribution in [3.8, 4) is 0 Å². The summed E-state index contributed by atoms with van der Waals surface area (Å²) in [6, 6.07) is 0. The third-order valence-electron chi connectivity index (χ3n) is 1.45. The van der Waals surface area contributed by atoms with E-state index in [9.17, 15) is 0 Å². The smallest absolute Gasteiger partial charge is 0.110 e. The second kappa shape index (κ2) is 2.29. The van der Waals surface area contributed by atoms with Gasteiger partial charge in [-0.05, 0) is 13.3 Å².